The number of hydrogen-bond acceptors (Lipinski definition) is 7. The Hall–Kier alpha value is -3.53. The van der Waals surface area contributed by atoms with Crippen molar-refractivity contribution in [3.05, 3.63) is 68.6 Å². The highest BCUT2D eigenvalue weighted by molar-refractivity contribution is 9.11. The van der Waals surface area contributed by atoms with Crippen molar-refractivity contribution in [1.82, 2.24) is 16.0 Å². The van der Waals surface area contributed by atoms with Gasteiger partial charge in [-0.25, -0.2) is 0 Å². The number of primary amides is 1. The second-order valence-corrected chi connectivity index (χ2v) is 12.4. The van der Waals surface area contributed by atoms with Crippen molar-refractivity contribution in [1.29, 1.82) is 0 Å². The predicted molar refractivity (Wildman–Crippen MR) is 181 cm³/mol. The molecule has 0 radical (unpaired) electrons. The van der Waals surface area contributed by atoms with E-state index in [0.717, 1.165) is 20.1 Å². The molecule has 246 valence electrons. The third-order valence-corrected chi connectivity index (χ3v) is 7.73. The van der Waals surface area contributed by atoms with Gasteiger partial charge in [-0.15, -0.1) is 0 Å². The minimum absolute atomic E-state index is 0.0997. The molecular weight excluding hydrogens is 710 g/mol. The Labute approximate surface area is 280 Å². The summed E-state index contributed by atoms with van der Waals surface area (Å²) in [6, 6.07) is 10.6. The van der Waals surface area contributed by atoms with E-state index in [0.29, 0.717) is 32.2 Å². The van der Waals surface area contributed by atoms with E-state index >= 15 is 0 Å². The molecule has 2 aromatic carbocycles. The maximum Gasteiger partial charge on any atom is 0.243 e. The van der Waals surface area contributed by atoms with Crippen molar-refractivity contribution in [2.75, 3.05) is 13.1 Å². The van der Waals surface area contributed by atoms with Gasteiger partial charge in [0.05, 0.1) is 6.04 Å². The summed E-state index contributed by atoms with van der Waals surface area (Å²) >= 11 is 6.85. The first-order valence-corrected chi connectivity index (χ1v) is 16.2. The van der Waals surface area contributed by atoms with Gasteiger partial charge in [-0.3, -0.25) is 24.2 Å². The number of nitrogens with two attached hydrogens (primary N) is 5. The fourth-order valence-corrected chi connectivity index (χ4v) is 5.90. The van der Waals surface area contributed by atoms with Crippen LogP contribution in [0.3, 0.4) is 0 Å². The average Bonchev–Trinajstić information content (AvgIpc) is 2.97. The van der Waals surface area contributed by atoms with E-state index < -0.39 is 47.8 Å². The van der Waals surface area contributed by atoms with Crippen molar-refractivity contribution >= 4 is 61.4 Å². The maximum atomic E-state index is 13.7. The molecule has 0 fully saturated rings. The Morgan fingerprint density at radius 1 is 0.711 bits per heavy atom. The van der Waals surface area contributed by atoms with Crippen LogP contribution in [-0.2, 0) is 32.0 Å². The lowest BCUT2D eigenvalue weighted by Crippen LogP contribution is -2.58. The first kappa shape index (κ1) is 37.7. The molecular formula is C30H43Br2N9O4. The lowest BCUT2D eigenvalue weighted by atomic mass is 10.0. The number of amides is 4. The molecule has 0 bridgehead atoms. The third-order valence-electron chi connectivity index (χ3n) is 6.82. The Morgan fingerprint density at radius 2 is 1.29 bits per heavy atom. The molecule has 4 atom stereocenters. The molecule has 4 amide bonds. The number of nitrogens with zero attached hydrogens (tertiary/aromatic N) is 1. The molecule has 0 aliphatic heterocycles. The highest BCUT2D eigenvalue weighted by Gasteiger charge is 2.30. The van der Waals surface area contributed by atoms with Crippen LogP contribution in [0.15, 0.2) is 62.5 Å². The van der Waals surface area contributed by atoms with E-state index in [1.54, 1.807) is 0 Å². The SMILES string of the molecule is NCCCC[C@H](NC(=O)[C@H](Cc1ccccc1)NC(=O)[C@@H](CCCN=C(N)N)NC(=O)[C@@H](N)Cc1cc(Br)cc(Br)c1)C(N)=O. The van der Waals surface area contributed by atoms with Crippen LogP contribution in [0.1, 0.15) is 43.2 Å². The van der Waals surface area contributed by atoms with Gasteiger partial charge >= 0.3 is 0 Å². The monoisotopic (exact) mass is 751 g/mol. The Bertz CT molecular complexity index is 1290. The van der Waals surface area contributed by atoms with Crippen LogP contribution < -0.4 is 44.6 Å². The minimum atomic E-state index is -1.08. The van der Waals surface area contributed by atoms with Crippen LogP contribution in [0.4, 0.5) is 0 Å². The van der Waals surface area contributed by atoms with Gasteiger partial charge in [0.25, 0.3) is 0 Å². The van der Waals surface area contributed by atoms with Crippen molar-refractivity contribution < 1.29 is 19.2 Å². The zero-order chi connectivity index (χ0) is 33.4. The smallest absolute Gasteiger partial charge is 0.243 e. The van der Waals surface area contributed by atoms with Gasteiger partial charge in [-0.05, 0) is 74.4 Å². The van der Waals surface area contributed by atoms with E-state index in [1.165, 1.54) is 0 Å². The lowest BCUT2D eigenvalue weighted by Gasteiger charge is -2.25. The summed E-state index contributed by atoms with van der Waals surface area (Å²) in [7, 11) is 0. The van der Waals surface area contributed by atoms with Crippen LogP contribution in [-0.4, -0.2) is 66.8 Å². The number of carbonyl (C=O) groups excluding carboxylic acids is 4. The van der Waals surface area contributed by atoms with Crippen molar-refractivity contribution in [2.45, 2.75) is 69.1 Å². The van der Waals surface area contributed by atoms with E-state index in [-0.39, 0.29) is 31.8 Å². The molecule has 0 aromatic heterocycles. The van der Waals surface area contributed by atoms with E-state index in [1.807, 2.05) is 48.5 Å². The first-order valence-electron chi connectivity index (χ1n) is 14.6. The molecule has 0 aliphatic rings. The lowest BCUT2D eigenvalue weighted by molar-refractivity contribution is -0.133. The van der Waals surface area contributed by atoms with Gasteiger partial charge < -0.3 is 44.6 Å². The Kier molecular flexibility index (Phi) is 16.5. The number of carbonyl (C=O) groups is 4. The summed E-state index contributed by atoms with van der Waals surface area (Å²) < 4.78 is 1.63. The number of nitrogens with one attached hydrogen (secondary N) is 3. The quantitative estimate of drug-likeness (QED) is 0.0567. The van der Waals surface area contributed by atoms with E-state index in [9.17, 15) is 19.2 Å². The van der Waals surface area contributed by atoms with Crippen molar-refractivity contribution in [2.24, 2.45) is 33.7 Å². The van der Waals surface area contributed by atoms with Gasteiger partial charge in [0.2, 0.25) is 23.6 Å². The number of halogens is 2. The average molecular weight is 754 g/mol. The summed E-state index contributed by atoms with van der Waals surface area (Å²) in [5.74, 6) is -2.55. The Morgan fingerprint density at radius 3 is 1.89 bits per heavy atom. The molecule has 0 aliphatic carbocycles. The van der Waals surface area contributed by atoms with Crippen LogP contribution in [0.5, 0.6) is 0 Å². The van der Waals surface area contributed by atoms with E-state index in [2.05, 4.69) is 52.8 Å². The number of unbranched alkanes of at least 4 members (excludes halogenated alkanes) is 1. The molecule has 13 N–H and O–H groups in total. The fraction of sp³-hybridized carbons (Fsp3) is 0.433. The molecule has 15 heteroatoms. The highest BCUT2D eigenvalue weighted by atomic mass is 79.9. The topological polar surface area (TPSA) is 247 Å². The van der Waals surface area contributed by atoms with Gasteiger partial charge in [0, 0.05) is 21.9 Å². The number of hydrogen-bond donors (Lipinski definition) is 8. The van der Waals surface area contributed by atoms with Crippen LogP contribution in [0.25, 0.3) is 0 Å². The molecule has 0 unspecified atom stereocenters. The zero-order valence-corrected chi connectivity index (χ0v) is 28.2. The fourth-order valence-electron chi connectivity index (χ4n) is 4.51. The maximum absolute atomic E-state index is 13.7. The second-order valence-electron chi connectivity index (χ2n) is 10.6. The molecule has 2 rings (SSSR count). The normalized spacial score (nSPS) is 13.5. The number of aliphatic imine (C=N–C) groups is 1. The summed E-state index contributed by atoms with van der Waals surface area (Å²) in [5, 5.41) is 8.16. The first-order chi connectivity index (χ1) is 21.4. The van der Waals surface area contributed by atoms with Crippen LogP contribution in [0.2, 0.25) is 0 Å². The molecule has 13 nitrogen and oxygen atoms in total. The summed E-state index contributed by atoms with van der Waals surface area (Å²) in [6.45, 7) is 0.656. The van der Waals surface area contributed by atoms with Crippen molar-refractivity contribution in [3.8, 4) is 0 Å². The minimum Gasteiger partial charge on any atom is -0.370 e. The van der Waals surface area contributed by atoms with Crippen molar-refractivity contribution in [3.63, 3.8) is 0 Å². The largest absolute Gasteiger partial charge is 0.370 e. The highest BCUT2D eigenvalue weighted by Crippen LogP contribution is 2.21. The molecule has 2 aromatic rings. The van der Waals surface area contributed by atoms with Crippen LogP contribution >= 0.6 is 31.9 Å². The van der Waals surface area contributed by atoms with Gasteiger partial charge in [-0.2, -0.15) is 0 Å². The molecule has 0 heterocycles. The molecule has 0 spiro atoms. The number of benzene rings is 2. The number of rotatable bonds is 19. The third kappa shape index (κ3) is 14.4. The predicted octanol–water partition coefficient (Wildman–Crippen LogP) is 0.446. The molecule has 45 heavy (non-hydrogen) atoms. The summed E-state index contributed by atoms with van der Waals surface area (Å²) in [6.07, 6.45) is 2.40. The van der Waals surface area contributed by atoms with Gasteiger partial charge in [0.15, 0.2) is 5.96 Å². The van der Waals surface area contributed by atoms with Crippen LogP contribution in [0, 0.1) is 0 Å². The number of guanidine groups is 1. The summed E-state index contributed by atoms with van der Waals surface area (Å²) in [5.41, 5.74) is 29.8. The second kappa shape index (κ2) is 19.8. The summed E-state index contributed by atoms with van der Waals surface area (Å²) in [4.78, 5) is 56.3. The van der Waals surface area contributed by atoms with E-state index in [4.69, 9.17) is 28.7 Å². The Balaban J connectivity index is 2.25. The van der Waals surface area contributed by atoms with Gasteiger partial charge in [0.1, 0.15) is 18.1 Å². The standard InChI is InChI=1S/C30H43Br2N9O4/c31-20-13-19(14-21(32)17-20)15-22(34)27(43)40-24(10-6-12-38-30(36)37)28(44)41-25(16-18-7-2-1-3-8-18)29(45)39-23(26(35)42)9-4-5-11-33/h1-3,7-8,13-14,17,22-25H,4-6,9-12,15-16,33-34H2,(H2,35,42)(H,39,45)(H,40,43)(H,41,44)(H4,36,37,38)/t22-,23-,24+,25-/m0/s1. The van der Waals surface area contributed by atoms with Gasteiger partial charge in [-0.1, -0.05) is 62.2 Å². The molecule has 0 saturated carbocycles. The molecule has 0 saturated heterocycles. The zero-order valence-electron chi connectivity index (χ0n) is 25.0.